The van der Waals surface area contributed by atoms with Crippen molar-refractivity contribution in [2.24, 2.45) is 0 Å². The summed E-state index contributed by atoms with van der Waals surface area (Å²) in [7, 11) is 0. The van der Waals surface area contributed by atoms with Crippen molar-refractivity contribution in [3.8, 4) is 0 Å². The number of aliphatic hydroxyl groups is 2. The van der Waals surface area contributed by atoms with E-state index in [2.05, 4.69) is 12.2 Å². The summed E-state index contributed by atoms with van der Waals surface area (Å²) < 4.78 is 0. The van der Waals surface area contributed by atoms with Gasteiger partial charge < -0.3 is 15.5 Å². The SMILES string of the molecule is CCCCCCCCCCCCCCC[C@@H](O)[C@H](CO)NC(C)=O. The standard InChI is InChI=1S/C20H41NO3/c1-3-4-5-6-7-8-9-10-11-12-13-14-15-16-20(24)19(17-22)21-18(2)23/h19-20,22,24H,3-17H2,1-2H3,(H,21,23)/t19-,20+/m0/s1. The summed E-state index contributed by atoms with van der Waals surface area (Å²) in [4.78, 5) is 11.0. The maximum atomic E-state index is 11.0. The largest absolute Gasteiger partial charge is 0.394 e. The van der Waals surface area contributed by atoms with E-state index >= 15 is 0 Å². The molecule has 1 amide bonds. The highest BCUT2D eigenvalue weighted by molar-refractivity contribution is 5.73. The molecule has 2 atom stereocenters. The van der Waals surface area contributed by atoms with Gasteiger partial charge in [-0.2, -0.15) is 0 Å². The summed E-state index contributed by atoms with van der Waals surface area (Å²) in [5.74, 6) is -0.210. The van der Waals surface area contributed by atoms with E-state index in [-0.39, 0.29) is 12.5 Å². The normalized spacial score (nSPS) is 13.7. The Kier molecular flexibility index (Phi) is 16.8. The van der Waals surface area contributed by atoms with Crippen molar-refractivity contribution >= 4 is 5.91 Å². The van der Waals surface area contributed by atoms with E-state index in [1.54, 1.807) is 0 Å². The predicted molar refractivity (Wildman–Crippen MR) is 101 cm³/mol. The average Bonchev–Trinajstić information content (AvgIpc) is 2.56. The molecular weight excluding hydrogens is 302 g/mol. The van der Waals surface area contributed by atoms with Gasteiger partial charge in [-0.15, -0.1) is 0 Å². The molecule has 0 aliphatic carbocycles. The lowest BCUT2D eigenvalue weighted by atomic mass is 10.0. The van der Waals surface area contributed by atoms with Crippen LogP contribution < -0.4 is 5.32 Å². The molecule has 0 aromatic heterocycles. The van der Waals surface area contributed by atoms with Crippen LogP contribution in [0.25, 0.3) is 0 Å². The van der Waals surface area contributed by atoms with Gasteiger partial charge >= 0.3 is 0 Å². The van der Waals surface area contributed by atoms with Gasteiger partial charge in [0.05, 0.1) is 18.8 Å². The van der Waals surface area contributed by atoms with Gasteiger partial charge in [-0.3, -0.25) is 4.79 Å². The second-order valence-electron chi connectivity index (χ2n) is 7.09. The molecule has 3 N–H and O–H groups in total. The van der Waals surface area contributed by atoms with Crippen LogP contribution in [0, 0.1) is 0 Å². The number of hydrogen-bond donors (Lipinski definition) is 3. The maximum Gasteiger partial charge on any atom is 0.217 e. The molecule has 24 heavy (non-hydrogen) atoms. The molecule has 0 radical (unpaired) electrons. The quantitative estimate of drug-likeness (QED) is 0.344. The molecular formula is C20H41NO3. The number of hydrogen-bond acceptors (Lipinski definition) is 3. The monoisotopic (exact) mass is 343 g/mol. The molecule has 0 aliphatic rings. The van der Waals surface area contributed by atoms with Crippen molar-refractivity contribution in [1.29, 1.82) is 0 Å². The third-order valence-electron chi connectivity index (χ3n) is 4.65. The second-order valence-corrected chi connectivity index (χ2v) is 7.09. The molecule has 0 spiro atoms. The summed E-state index contributed by atoms with van der Waals surface area (Å²) in [5, 5.41) is 21.7. The van der Waals surface area contributed by atoms with E-state index in [0.717, 1.165) is 12.8 Å². The molecule has 4 heteroatoms. The highest BCUT2D eigenvalue weighted by Gasteiger charge is 2.18. The first kappa shape index (κ1) is 23.4. The molecule has 0 fully saturated rings. The van der Waals surface area contributed by atoms with E-state index in [1.807, 2.05) is 0 Å². The lowest BCUT2D eigenvalue weighted by Crippen LogP contribution is -2.44. The first-order valence-electron chi connectivity index (χ1n) is 10.2. The van der Waals surface area contributed by atoms with E-state index in [1.165, 1.54) is 77.6 Å². The number of aliphatic hydroxyl groups excluding tert-OH is 2. The summed E-state index contributed by atoms with van der Waals surface area (Å²) in [5.41, 5.74) is 0. The Balaban J connectivity index is 3.34. The molecule has 0 bridgehead atoms. The Morgan fingerprint density at radius 3 is 1.62 bits per heavy atom. The average molecular weight is 344 g/mol. The van der Waals surface area contributed by atoms with Gasteiger partial charge in [-0.25, -0.2) is 0 Å². The third kappa shape index (κ3) is 14.9. The molecule has 4 nitrogen and oxygen atoms in total. The van der Waals surface area contributed by atoms with Crippen molar-refractivity contribution in [3.05, 3.63) is 0 Å². The van der Waals surface area contributed by atoms with E-state index in [9.17, 15) is 15.0 Å². The van der Waals surface area contributed by atoms with Crippen LogP contribution in [0.2, 0.25) is 0 Å². The number of amides is 1. The number of carbonyl (C=O) groups is 1. The molecule has 0 aromatic rings. The highest BCUT2D eigenvalue weighted by Crippen LogP contribution is 2.14. The molecule has 144 valence electrons. The fourth-order valence-corrected chi connectivity index (χ4v) is 3.10. The Hall–Kier alpha value is -0.610. The Morgan fingerprint density at radius 2 is 1.25 bits per heavy atom. The maximum absolute atomic E-state index is 11.0. The lowest BCUT2D eigenvalue weighted by Gasteiger charge is -2.21. The summed E-state index contributed by atoms with van der Waals surface area (Å²) in [6.07, 6.45) is 16.9. The van der Waals surface area contributed by atoms with Gasteiger partial charge in [0, 0.05) is 6.92 Å². The minimum Gasteiger partial charge on any atom is -0.394 e. The van der Waals surface area contributed by atoms with Gasteiger partial charge in [0.2, 0.25) is 5.91 Å². The van der Waals surface area contributed by atoms with Gasteiger partial charge in [0.15, 0.2) is 0 Å². The van der Waals surface area contributed by atoms with Crippen LogP contribution in [0.15, 0.2) is 0 Å². The van der Waals surface area contributed by atoms with Gasteiger partial charge in [-0.1, -0.05) is 90.4 Å². The van der Waals surface area contributed by atoms with Crippen LogP contribution >= 0.6 is 0 Å². The minimum atomic E-state index is -0.647. The van der Waals surface area contributed by atoms with Crippen LogP contribution in [0.4, 0.5) is 0 Å². The van der Waals surface area contributed by atoms with E-state index < -0.39 is 12.1 Å². The van der Waals surface area contributed by atoms with Crippen molar-refractivity contribution in [2.45, 2.75) is 116 Å². The van der Waals surface area contributed by atoms with Gasteiger partial charge in [0.25, 0.3) is 0 Å². The van der Waals surface area contributed by atoms with Crippen LogP contribution in [0.5, 0.6) is 0 Å². The zero-order chi connectivity index (χ0) is 18.0. The number of unbranched alkanes of at least 4 members (excludes halogenated alkanes) is 12. The molecule has 0 aromatic carbocycles. The van der Waals surface area contributed by atoms with Crippen LogP contribution in [-0.4, -0.2) is 34.9 Å². The van der Waals surface area contributed by atoms with Gasteiger partial charge in [-0.05, 0) is 6.42 Å². The van der Waals surface area contributed by atoms with Crippen molar-refractivity contribution in [3.63, 3.8) is 0 Å². The lowest BCUT2D eigenvalue weighted by molar-refractivity contribution is -0.121. The minimum absolute atomic E-state index is 0.209. The highest BCUT2D eigenvalue weighted by atomic mass is 16.3. The first-order chi connectivity index (χ1) is 11.6. The first-order valence-corrected chi connectivity index (χ1v) is 10.2. The van der Waals surface area contributed by atoms with Gasteiger partial charge in [0.1, 0.15) is 0 Å². The zero-order valence-electron chi connectivity index (χ0n) is 16.1. The molecule has 0 rings (SSSR count). The van der Waals surface area contributed by atoms with Crippen molar-refractivity contribution in [2.75, 3.05) is 6.61 Å². The van der Waals surface area contributed by atoms with E-state index in [4.69, 9.17) is 0 Å². The Morgan fingerprint density at radius 1 is 0.833 bits per heavy atom. The topological polar surface area (TPSA) is 69.6 Å². The molecule has 0 saturated heterocycles. The van der Waals surface area contributed by atoms with Crippen molar-refractivity contribution in [1.82, 2.24) is 5.32 Å². The fraction of sp³-hybridized carbons (Fsp3) is 0.950. The molecule has 0 saturated carbocycles. The number of rotatable bonds is 17. The summed E-state index contributed by atoms with van der Waals surface area (Å²) in [6.45, 7) is 3.45. The smallest absolute Gasteiger partial charge is 0.217 e. The zero-order valence-corrected chi connectivity index (χ0v) is 16.1. The van der Waals surface area contributed by atoms with Crippen LogP contribution in [0.3, 0.4) is 0 Å². The van der Waals surface area contributed by atoms with E-state index in [0.29, 0.717) is 6.42 Å². The predicted octanol–water partition coefficient (Wildman–Crippen LogP) is 4.33. The molecule has 0 heterocycles. The third-order valence-corrected chi connectivity index (χ3v) is 4.65. The molecule has 0 aliphatic heterocycles. The summed E-state index contributed by atoms with van der Waals surface area (Å²) >= 11 is 0. The molecule has 0 unspecified atom stereocenters. The Labute approximate surface area is 149 Å². The summed E-state index contributed by atoms with van der Waals surface area (Å²) in [6, 6.07) is -0.528. The number of nitrogens with one attached hydrogen (secondary N) is 1. The Bertz CT molecular complexity index is 284. The fourth-order valence-electron chi connectivity index (χ4n) is 3.10. The number of carbonyl (C=O) groups excluding carboxylic acids is 1. The van der Waals surface area contributed by atoms with Crippen LogP contribution in [-0.2, 0) is 4.79 Å². The van der Waals surface area contributed by atoms with Crippen LogP contribution in [0.1, 0.15) is 104 Å². The van der Waals surface area contributed by atoms with Crippen molar-refractivity contribution < 1.29 is 15.0 Å². The second kappa shape index (κ2) is 17.2.